The first kappa shape index (κ1) is 21.8. The second-order valence-corrected chi connectivity index (χ2v) is 8.48. The number of rotatable bonds is 7. The number of nitrogens with zero attached hydrogens (tertiary/aromatic N) is 2. The van der Waals surface area contributed by atoms with E-state index in [4.69, 9.17) is 27.8 Å². The van der Waals surface area contributed by atoms with Gasteiger partial charge >= 0.3 is 0 Å². The molecule has 0 aliphatic rings. The second kappa shape index (κ2) is 9.78. The molecular formula is C23H20ClN5O2S. The molecule has 4 rings (SSSR count). The zero-order valence-electron chi connectivity index (χ0n) is 16.9. The highest BCUT2D eigenvalue weighted by Gasteiger charge is 2.15. The third-order valence-electron chi connectivity index (χ3n) is 4.64. The largest absolute Gasteiger partial charge is 0.383 e. The van der Waals surface area contributed by atoms with Crippen molar-refractivity contribution >= 4 is 46.3 Å². The Bertz CT molecular complexity index is 1230. The number of carbonyl (C=O) groups is 1. The van der Waals surface area contributed by atoms with Crippen LogP contribution in [0.3, 0.4) is 0 Å². The number of amides is 1. The molecule has 5 N–H and O–H groups in total. The lowest BCUT2D eigenvalue weighted by atomic mass is 10.0. The zero-order chi connectivity index (χ0) is 22.5. The summed E-state index contributed by atoms with van der Waals surface area (Å²) in [5.74, 6) is 0.120. The molecule has 0 aliphatic carbocycles. The molecular weight excluding hydrogens is 446 g/mol. The molecule has 0 bridgehead atoms. The van der Waals surface area contributed by atoms with Crippen LogP contribution >= 0.6 is 22.9 Å². The highest BCUT2D eigenvalue weighted by atomic mass is 35.5. The lowest BCUT2D eigenvalue weighted by molar-refractivity contribution is 0.102. The second-order valence-electron chi connectivity index (χ2n) is 6.94. The number of halogens is 1. The number of thiophene rings is 1. The Morgan fingerprint density at radius 2 is 1.78 bits per heavy atom. The van der Waals surface area contributed by atoms with E-state index < -0.39 is 0 Å². The van der Waals surface area contributed by atoms with E-state index in [0.29, 0.717) is 33.5 Å². The van der Waals surface area contributed by atoms with Gasteiger partial charge in [0.15, 0.2) is 0 Å². The number of ether oxygens (including phenoxy) is 1. The Labute approximate surface area is 194 Å². The van der Waals surface area contributed by atoms with E-state index >= 15 is 0 Å². The molecule has 7 nitrogen and oxygen atoms in total. The maximum atomic E-state index is 12.3. The van der Waals surface area contributed by atoms with Crippen molar-refractivity contribution in [3.63, 3.8) is 0 Å². The molecule has 0 unspecified atom stereocenters. The van der Waals surface area contributed by atoms with Crippen LogP contribution in [0.5, 0.6) is 0 Å². The van der Waals surface area contributed by atoms with E-state index in [1.54, 1.807) is 23.6 Å². The highest BCUT2D eigenvalue weighted by molar-refractivity contribution is 7.14. The van der Waals surface area contributed by atoms with Gasteiger partial charge in [-0.3, -0.25) is 4.79 Å². The molecule has 0 radical (unpaired) electrons. The fourth-order valence-electron chi connectivity index (χ4n) is 3.16. The van der Waals surface area contributed by atoms with Crippen molar-refractivity contribution in [2.75, 3.05) is 16.8 Å². The number of hydrogen-bond acceptors (Lipinski definition) is 7. The first-order chi connectivity index (χ1) is 15.5. The van der Waals surface area contributed by atoms with Crippen LogP contribution in [0.15, 0.2) is 66.0 Å². The van der Waals surface area contributed by atoms with Gasteiger partial charge in [-0.15, -0.1) is 11.3 Å². The summed E-state index contributed by atoms with van der Waals surface area (Å²) in [6.45, 7) is 0.653. The van der Waals surface area contributed by atoms with Crippen molar-refractivity contribution in [1.29, 1.82) is 0 Å². The van der Waals surface area contributed by atoms with Gasteiger partial charge in [0, 0.05) is 16.6 Å². The number of nitrogens with one attached hydrogen (secondary N) is 1. The normalized spacial score (nSPS) is 10.8. The van der Waals surface area contributed by atoms with Crippen molar-refractivity contribution in [2.24, 2.45) is 0 Å². The summed E-state index contributed by atoms with van der Waals surface area (Å²) >= 11 is 7.21. The van der Waals surface area contributed by atoms with Crippen molar-refractivity contribution in [3.05, 3.63) is 87.2 Å². The van der Waals surface area contributed by atoms with Gasteiger partial charge in [-0.1, -0.05) is 54.1 Å². The molecule has 162 valence electrons. The van der Waals surface area contributed by atoms with Crippen molar-refractivity contribution in [2.45, 2.75) is 13.2 Å². The molecule has 0 saturated heterocycles. The number of carbonyl (C=O) groups excluding carboxylic acids is 1. The number of hydrogen-bond donors (Lipinski definition) is 3. The highest BCUT2D eigenvalue weighted by Crippen LogP contribution is 2.30. The predicted octanol–water partition coefficient (Wildman–Crippen LogP) is 4.99. The van der Waals surface area contributed by atoms with E-state index in [1.807, 2.05) is 42.5 Å². The fraction of sp³-hybridized carbons (Fsp3) is 0.0870. The van der Waals surface area contributed by atoms with Crippen LogP contribution in [0.4, 0.5) is 17.5 Å². The maximum Gasteiger partial charge on any atom is 0.256 e. The summed E-state index contributed by atoms with van der Waals surface area (Å²) in [5.41, 5.74) is 16.2. The van der Waals surface area contributed by atoms with E-state index in [1.165, 1.54) is 11.3 Å². The predicted molar refractivity (Wildman–Crippen MR) is 129 cm³/mol. The Balaban J connectivity index is 1.51. The van der Waals surface area contributed by atoms with E-state index in [9.17, 15) is 4.79 Å². The van der Waals surface area contributed by atoms with Crippen LogP contribution in [0.1, 0.15) is 21.6 Å². The number of anilines is 3. The first-order valence-corrected chi connectivity index (χ1v) is 10.9. The smallest absolute Gasteiger partial charge is 0.256 e. The minimum Gasteiger partial charge on any atom is -0.383 e. The van der Waals surface area contributed by atoms with E-state index in [0.717, 1.165) is 11.1 Å². The summed E-state index contributed by atoms with van der Waals surface area (Å²) < 4.78 is 6.40. The van der Waals surface area contributed by atoms with Gasteiger partial charge in [0.2, 0.25) is 5.95 Å². The zero-order valence-corrected chi connectivity index (χ0v) is 18.5. The van der Waals surface area contributed by atoms with Crippen molar-refractivity contribution in [1.82, 2.24) is 9.97 Å². The molecule has 0 fully saturated rings. The molecule has 0 saturated carbocycles. The van der Waals surface area contributed by atoms with E-state index in [-0.39, 0.29) is 24.3 Å². The number of aromatic nitrogens is 2. The summed E-state index contributed by atoms with van der Waals surface area (Å²) in [6, 6.07) is 18.7. The SMILES string of the molecule is Nc1nc(N)c(-c2ccc(NC(=O)c3csc(Cl)c3)cc2)c(COCc2ccccc2)n1. The lowest BCUT2D eigenvalue weighted by Gasteiger charge is -2.13. The first-order valence-electron chi connectivity index (χ1n) is 9.69. The van der Waals surface area contributed by atoms with Gasteiger partial charge in [0.25, 0.3) is 5.91 Å². The van der Waals surface area contributed by atoms with Gasteiger partial charge in [-0.25, -0.2) is 4.98 Å². The molecule has 0 atom stereocenters. The molecule has 2 aromatic carbocycles. The molecule has 2 heterocycles. The molecule has 0 aliphatic heterocycles. The Morgan fingerprint density at radius 3 is 2.47 bits per heavy atom. The van der Waals surface area contributed by atoms with Gasteiger partial charge in [0.1, 0.15) is 5.82 Å². The standard InChI is InChI=1S/C23H20ClN5O2S/c24-19-10-16(13-32-19)22(30)27-17-8-6-15(7-9-17)20-18(28-23(26)29-21(20)25)12-31-11-14-4-2-1-3-5-14/h1-10,13H,11-12H2,(H,27,30)(H4,25,26,28,29). The van der Waals surface area contributed by atoms with Crippen molar-refractivity contribution in [3.8, 4) is 11.1 Å². The van der Waals surface area contributed by atoms with E-state index in [2.05, 4.69) is 15.3 Å². The Morgan fingerprint density at radius 1 is 1.03 bits per heavy atom. The molecule has 1 amide bonds. The minimum absolute atomic E-state index is 0.0860. The van der Waals surface area contributed by atoms with Crippen LogP contribution < -0.4 is 16.8 Å². The van der Waals surface area contributed by atoms with Gasteiger partial charge in [-0.2, -0.15) is 4.98 Å². The van der Waals surface area contributed by atoms with Gasteiger partial charge < -0.3 is 21.5 Å². The van der Waals surface area contributed by atoms with Crippen LogP contribution in [0.25, 0.3) is 11.1 Å². The lowest BCUT2D eigenvalue weighted by Crippen LogP contribution is -2.11. The summed E-state index contributed by atoms with van der Waals surface area (Å²) in [4.78, 5) is 20.8. The minimum atomic E-state index is -0.230. The topological polar surface area (TPSA) is 116 Å². The Hall–Kier alpha value is -3.46. The van der Waals surface area contributed by atoms with Crippen LogP contribution in [-0.2, 0) is 18.0 Å². The number of benzene rings is 2. The molecule has 4 aromatic rings. The molecule has 32 heavy (non-hydrogen) atoms. The maximum absolute atomic E-state index is 12.3. The third kappa shape index (κ3) is 5.23. The quantitative estimate of drug-likeness (QED) is 0.354. The summed E-state index contributed by atoms with van der Waals surface area (Å²) in [7, 11) is 0. The summed E-state index contributed by atoms with van der Waals surface area (Å²) in [5, 5.41) is 4.55. The summed E-state index contributed by atoms with van der Waals surface area (Å²) in [6.07, 6.45) is 0. The average molecular weight is 466 g/mol. The van der Waals surface area contributed by atoms with Crippen molar-refractivity contribution < 1.29 is 9.53 Å². The van der Waals surface area contributed by atoms with Gasteiger partial charge in [-0.05, 0) is 29.3 Å². The number of nitrogen functional groups attached to an aromatic ring is 2. The van der Waals surface area contributed by atoms with Gasteiger partial charge in [0.05, 0.1) is 28.8 Å². The molecule has 9 heteroatoms. The van der Waals surface area contributed by atoms with Crippen LogP contribution in [0.2, 0.25) is 4.34 Å². The number of nitrogens with two attached hydrogens (primary N) is 2. The van der Waals surface area contributed by atoms with Crippen LogP contribution in [0, 0.1) is 0 Å². The molecule has 2 aromatic heterocycles. The average Bonchev–Trinajstić information content (AvgIpc) is 3.22. The van der Waals surface area contributed by atoms with Crippen LogP contribution in [-0.4, -0.2) is 15.9 Å². The monoisotopic (exact) mass is 465 g/mol. The third-order valence-corrected chi connectivity index (χ3v) is 5.73. The fourth-order valence-corrected chi connectivity index (χ4v) is 4.02. The Kier molecular flexibility index (Phi) is 6.65. The molecule has 0 spiro atoms.